The SMILES string of the molecule is CSC1=C(SC)SC(=C2SC3=C(S2)S[C@H]2[C@@H](S3)[C@@H]3CC[C@H]2C2=C3C(=O)C=CC2=O)S1. The van der Waals surface area contributed by atoms with E-state index in [4.69, 9.17) is 0 Å². The van der Waals surface area contributed by atoms with Gasteiger partial charge in [0.15, 0.2) is 11.6 Å². The van der Waals surface area contributed by atoms with Crippen molar-refractivity contribution in [3.05, 3.63) is 48.7 Å². The van der Waals surface area contributed by atoms with Gasteiger partial charge in [-0.3, -0.25) is 9.59 Å². The normalized spacial score (nSPS) is 35.0. The largest absolute Gasteiger partial charge is 0.290 e. The minimum atomic E-state index is 0.0819. The molecular formula is C20H16O2S8. The minimum Gasteiger partial charge on any atom is -0.290 e. The Morgan fingerprint density at radius 2 is 1.13 bits per heavy atom. The van der Waals surface area contributed by atoms with Crippen molar-refractivity contribution in [2.24, 2.45) is 11.8 Å². The van der Waals surface area contributed by atoms with E-state index in [1.807, 2.05) is 94.1 Å². The summed E-state index contributed by atoms with van der Waals surface area (Å²) < 4.78 is 8.47. The quantitative estimate of drug-likeness (QED) is 0.330. The van der Waals surface area contributed by atoms with Crippen molar-refractivity contribution < 1.29 is 9.59 Å². The first-order chi connectivity index (χ1) is 14.6. The molecule has 4 atom stereocenters. The third-order valence-electron chi connectivity index (χ3n) is 5.95. The van der Waals surface area contributed by atoms with E-state index in [0.29, 0.717) is 10.5 Å². The number of carbonyl (C=O) groups excluding carboxylic acids is 2. The maximum absolute atomic E-state index is 12.7. The van der Waals surface area contributed by atoms with Crippen LogP contribution in [0.25, 0.3) is 0 Å². The molecule has 0 spiro atoms. The molecule has 0 aromatic heterocycles. The predicted molar refractivity (Wildman–Crippen MR) is 144 cm³/mol. The second-order valence-electron chi connectivity index (χ2n) is 7.39. The number of rotatable bonds is 2. The molecule has 3 heterocycles. The van der Waals surface area contributed by atoms with Gasteiger partial charge < -0.3 is 0 Å². The van der Waals surface area contributed by atoms with Crippen molar-refractivity contribution >= 4 is 106 Å². The molecule has 1 fully saturated rings. The van der Waals surface area contributed by atoms with E-state index in [1.54, 1.807) is 0 Å². The molecular weight excluding hydrogens is 529 g/mol. The summed E-state index contributed by atoms with van der Waals surface area (Å²) in [6.45, 7) is 0. The summed E-state index contributed by atoms with van der Waals surface area (Å²) in [7, 11) is 0. The van der Waals surface area contributed by atoms with E-state index < -0.39 is 0 Å². The number of fused-ring (bicyclic) bond motifs is 1. The first-order valence-electron chi connectivity index (χ1n) is 9.45. The van der Waals surface area contributed by atoms with Crippen LogP contribution in [-0.2, 0) is 9.59 Å². The van der Waals surface area contributed by atoms with Crippen LogP contribution in [0.1, 0.15) is 12.8 Å². The highest BCUT2D eigenvalue weighted by Gasteiger charge is 2.55. The lowest BCUT2D eigenvalue weighted by Crippen LogP contribution is -2.50. The monoisotopic (exact) mass is 544 g/mol. The molecule has 7 rings (SSSR count). The molecule has 156 valence electrons. The zero-order valence-corrected chi connectivity index (χ0v) is 22.5. The molecule has 2 bridgehead atoms. The van der Waals surface area contributed by atoms with Gasteiger partial charge in [0.25, 0.3) is 0 Å². The van der Waals surface area contributed by atoms with Gasteiger partial charge in [-0.15, -0.1) is 47.0 Å². The molecule has 10 heteroatoms. The van der Waals surface area contributed by atoms with Crippen LogP contribution in [0.5, 0.6) is 0 Å². The first kappa shape index (κ1) is 21.4. The Morgan fingerprint density at radius 3 is 1.57 bits per heavy atom. The molecule has 30 heavy (non-hydrogen) atoms. The molecule has 0 amide bonds. The molecule has 2 nitrogen and oxygen atoms in total. The van der Waals surface area contributed by atoms with E-state index in [2.05, 4.69) is 12.5 Å². The average molecular weight is 545 g/mol. The molecule has 0 saturated heterocycles. The lowest BCUT2D eigenvalue weighted by molar-refractivity contribution is -0.116. The standard InChI is InChI=1S/C20H16O2S8/c1-23-15-16(24-2)28-19(27-15)20-29-17-18(30-20)26-14-8-4-3-7(13(14)25-17)11-9(21)5-6-10(22)12(8)11/h5-8,13-14H,3-4H2,1-2H3/t7-,8+,13+,14-. The number of hydrogen-bond donors (Lipinski definition) is 0. The summed E-state index contributed by atoms with van der Waals surface area (Å²) in [6, 6.07) is 0. The van der Waals surface area contributed by atoms with Crippen LogP contribution in [0.4, 0.5) is 0 Å². The zero-order chi connectivity index (χ0) is 20.6. The van der Waals surface area contributed by atoms with E-state index in [-0.39, 0.29) is 23.4 Å². The van der Waals surface area contributed by atoms with E-state index in [9.17, 15) is 9.59 Å². The summed E-state index contributed by atoms with van der Waals surface area (Å²) in [5, 5.41) is 0.829. The van der Waals surface area contributed by atoms with E-state index in [1.165, 1.54) is 37.6 Å². The van der Waals surface area contributed by atoms with Crippen molar-refractivity contribution in [2.45, 2.75) is 23.3 Å². The lowest BCUT2D eigenvalue weighted by Gasteiger charge is -2.51. The summed E-state index contributed by atoms with van der Waals surface area (Å²) in [5.41, 5.74) is 1.71. The Bertz CT molecular complexity index is 973. The highest BCUT2D eigenvalue weighted by atomic mass is 32.3. The van der Waals surface area contributed by atoms with Crippen LogP contribution < -0.4 is 0 Å². The van der Waals surface area contributed by atoms with E-state index >= 15 is 0 Å². The number of allylic oxidation sites excluding steroid dienone is 4. The van der Waals surface area contributed by atoms with Crippen LogP contribution >= 0.6 is 94.1 Å². The fourth-order valence-electron chi connectivity index (χ4n) is 4.78. The lowest BCUT2D eigenvalue weighted by atomic mass is 9.63. The van der Waals surface area contributed by atoms with Crippen molar-refractivity contribution in [1.29, 1.82) is 0 Å². The fraction of sp³-hybridized carbons (Fsp3) is 0.400. The third-order valence-corrected chi connectivity index (χ3v) is 18.1. The van der Waals surface area contributed by atoms with E-state index in [0.717, 1.165) is 24.0 Å². The summed E-state index contributed by atoms with van der Waals surface area (Å²) >= 11 is 15.3. The third kappa shape index (κ3) is 3.26. The van der Waals surface area contributed by atoms with Crippen LogP contribution in [0.2, 0.25) is 0 Å². The van der Waals surface area contributed by atoms with Gasteiger partial charge in [-0.25, -0.2) is 0 Å². The van der Waals surface area contributed by atoms with Crippen LogP contribution in [-0.4, -0.2) is 34.6 Å². The van der Waals surface area contributed by atoms with Crippen molar-refractivity contribution in [1.82, 2.24) is 0 Å². The molecule has 0 aromatic carbocycles. The van der Waals surface area contributed by atoms with Gasteiger partial charge in [0.1, 0.15) is 0 Å². The smallest absolute Gasteiger partial charge is 0.182 e. The first-order valence-corrected chi connectivity index (χ1v) is 16.9. The zero-order valence-electron chi connectivity index (χ0n) is 16.0. The minimum absolute atomic E-state index is 0.0819. The molecule has 0 N–H and O–H groups in total. The van der Waals surface area contributed by atoms with Crippen molar-refractivity contribution in [3.63, 3.8) is 0 Å². The Morgan fingerprint density at radius 1 is 0.700 bits per heavy atom. The maximum Gasteiger partial charge on any atom is 0.182 e. The Balaban J connectivity index is 1.28. The summed E-state index contributed by atoms with van der Waals surface area (Å²) in [6.07, 6.45) is 9.40. The maximum atomic E-state index is 12.7. The number of ketones is 2. The van der Waals surface area contributed by atoms with Crippen molar-refractivity contribution in [2.75, 3.05) is 12.5 Å². The molecule has 0 unspecified atom stereocenters. The Labute approximate surface area is 209 Å². The number of hydrogen-bond acceptors (Lipinski definition) is 10. The van der Waals surface area contributed by atoms with Gasteiger partial charge in [0.05, 0.1) is 25.4 Å². The average Bonchev–Trinajstić information content (AvgIpc) is 3.38. The molecule has 4 aliphatic carbocycles. The Kier molecular flexibility index (Phi) is 5.88. The van der Waals surface area contributed by atoms with Gasteiger partial charge in [-0.1, -0.05) is 47.0 Å². The topological polar surface area (TPSA) is 34.1 Å². The van der Waals surface area contributed by atoms with Crippen LogP contribution in [0, 0.1) is 11.8 Å². The molecule has 0 radical (unpaired) electrons. The Hall–Kier alpha value is 0.840. The fourth-order valence-corrected chi connectivity index (χ4v) is 17.3. The number of carbonyl (C=O) groups is 2. The van der Waals surface area contributed by atoms with Gasteiger partial charge in [0, 0.05) is 33.5 Å². The van der Waals surface area contributed by atoms with Gasteiger partial charge in [-0.05, 0) is 37.5 Å². The highest BCUT2D eigenvalue weighted by molar-refractivity contribution is 8.45. The molecule has 7 aliphatic rings. The van der Waals surface area contributed by atoms with Crippen molar-refractivity contribution in [3.8, 4) is 0 Å². The van der Waals surface area contributed by atoms with Gasteiger partial charge in [0.2, 0.25) is 0 Å². The summed E-state index contributed by atoms with van der Waals surface area (Å²) in [4.78, 5) is 25.3. The van der Waals surface area contributed by atoms with Gasteiger partial charge >= 0.3 is 0 Å². The number of thioether (sulfide) groups is 8. The summed E-state index contributed by atoms with van der Waals surface area (Å²) in [5.74, 6) is 0.624. The highest BCUT2D eigenvalue weighted by Crippen LogP contribution is 2.71. The van der Waals surface area contributed by atoms with Crippen LogP contribution in [0.3, 0.4) is 0 Å². The predicted octanol–water partition coefficient (Wildman–Crippen LogP) is 7.31. The van der Waals surface area contributed by atoms with Gasteiger partial charge in [-0.2, -0.15) is 0 Å². The second-order valence-corrected chi connectivity index (χ2v) is 17.0. The molecule has 1 saturated carbocycles. The van der Waals surface area contributed by atoms with Crippen LogP contribution in [0.15, 0.2) is 48.7 Å². The molecule has 3 aliphatic heterocycles. The molecule has 0 aromatic rings. The second kappa shape index (κ2) is 8.25.